The first kappa shape index (κ1) is 11.0. The van der Waals surface area contributed by atoms with Gasteiger partial charge in [0.25, 0.3) is 0 Å². The van der Waals surface area contributed by atoms with E-state index in [1.165, 1.54) is 19.4 Å². The van der Waals surface area contributed by atoms with Crippen LogP contribution in [0.4, 0.5) is 0 Å². The van der Waals surface area contributed by atoms with Crippen LogP contribution >= 0.6 is 0 Å². The van der Waals surface area contributed by atoms with Gasteiger partial charge in [0.1, 0.15) is 0 Å². The van der Waals surface area contributed by atoms with Gasteiger partial charge >= 0.3 is 0 Å². The van der Waals surface area contributed by atoms with Crippen LogP contribution < -0.4 is 5.32 Å². The number of rotatable bonds is 3. The lowest BCUT2D eigenvalue weighted by Crippen LogP contribution is -2.60. The number of hydrogen-bond donors (Lipinski definition) is 1. The Balaban J connectivity index is 2.54. The summed E-state index contributed by atoms with van der Waals surface area (Å²) in [7, 11) is 0. The summed E-state index contributed by atoms with van der Waals surface area (Å²) in [6.45, 7) is 12.8. The minimum Gasteiger partial charge on any atom is -0.314 e. The fraction of sp³-hybridized carbons (Fsp3) is 1.00. The molecule has 1 heterocycles. The summed E-state index contributed by atoms with van der Waals surface area (Å²) in [6, 6.07) is 0.738. The Kier molecular flexibility index (Phi) is 3.74. The second-order valence-electron chi connectivity index (χ2n) is 4.82. The van der Waals surface area contributed by atoms with Crippen LogP contribution in [-0.2, 0) is 0 Å². The molecule has 1 fully saturated rings. The maximum atomic E-state index is 3.46. The Labute approximate surface area is 82.7 Å². The van der Waals surface area contributed by atoms with Crippen LogP contribution in [0.25, 0.3) is 0 Å². The lowest BCUT2D eigenvalue weighted by Gasteiger charge is -2.46. The Hall–Kier alpha value is -0.0800. The van der Waals surface area contributed by atoms with Crippen molar-refractivity contribution in [2.24, 2.45) is 0 Å². The van der Waals surface area contributed by atoms with Gasteiger partial charge in [-0.3, -0.25) is 4.90 Å². The van der Waals surface area contributed by atoms with E-state index in [2.05, 4.69) is 37.9 Å². The zero-order valence-electron chi connectivity index (χ0n) is 9.56. The third kappa shape index (κ3) is 2.68. The zero-order valence-corrected chi connectivity index (χ0v) is 9.56. The predicted molar refractivity (Wildman–Crippen MR) is 58.0 cm³/mol. The third-order valence-electron chi connectivity index (χ3n) is 3.10. The molecule has 0 bridgehead atoms. The molecule has 0 spiro atoms. The second-order valence-corrected chi connectivity index (χ2v) is 4.82. The maximum absolute atomic E-state index is 3.46. The molecule has 0 aromatic carbocycles. The summed E-state index contributed by atoms with van der Waals surface area (Å²) in [5, 5.41) is 3.46. The molecule has 0 aromatic rings. The predicted octanol–water partition coefficient (Wildman–Crippen LogP) is 1.86. The van der Waals surface area contributed by atoms with Gasteiger partial charge in [-0.15, -0.1) is 0 Å². The highest BCUT2D eigenvalue weighted by molar-refractivity contribution is 4.90. The average molecular weight is 184 g/mol. The van der Waals surface area contributed by atoms with Crippen molar-refractivity contribution in [3.63, 3.8) is 0 Å². The quantitative estimate of drug-likeness (QED) is 0.720. The molecule has 1 aliphatic rings. The Bertz CT molecular complexity index is 154. The van der Waals surface area contributed by atoms with E-state index in [0.29, 0.717) is 5.54 Å². The average Bonchev–Trinajstić information content (AvgIpc) is 2.03. The van der Waals surface area contributed by atoms with Gasteiger partial charge in [0.05, 0.1) is 0 Å². The number of nitrogens with zero attached hydrogens (tertiary/aromatic N) is 1. The van der Waals surface area contributed by atoms with E-state index in [1.54, 1.807) is 0 Å². The lowest BCUT2D eigenvalue weighted by atomic mass is 9.96. The van der Waals surface area contributed by atoms with Gasteiger partial charge in [0.2, 0.25) is 0 Å². The maximum Gasteiger partial charge on any atom is 0.0281 e. The SMILES string of the molecule is CCCC(C)N1CCNCC1(C)C. The molecule has 0 saturated carbocycles. The molecule has 2 heteroatoms. The highest BCUT2D eigenvalue weighted by Crippen LogP contribution is 2.21. The van der Waals surface area contributed by atoms with Crippen molar-refractivity contribution in [3.8, 4) is 0 Å². The summed E-state index contributed by atoms with van der Waals surface area (Å²) < 4.78 is 0. The molecule has 13 heavy (non-hydrogen) atoms. The van der Waals surface area contributed by atoms with Gasteiger partial charge in [0, 0.05) is 31.2 Å². The van der Waals surface area contributed by atoms with E-state index in [9.17, 15) is 0 Å². The van der Waals surface area contributed by atoms with Crippen molar-refractivity contribution < 1.29 is 0 Å². The first-order chi connectivity index (χ1) is 6.08. The third-order valence-corrected chi connectivity index (χ3v) is 3.10. The molecule has 1 atom stereocenters. The molecular formula is C11H24N2. The highest BCUT2D eigenvalue weighted by Gasteiger charge is 2.32. The molecule has 1 saturated heterocycles. The van der Waals surface area contributed by atoms with Crippen LogP contribution in [0, 0.1) is 0 Å². The van der Waals surface area contributed by atoms with Crippen LogP contribution in [-0.4, -0.2) is 36.1 Å². The minimum atomic E-state index is 0.340. The summed E-state index contributed by atoms with van der Waals surface area (Å²) in [5.41, 5.74) is 0.340. The smallest absolute Gasteiger partial charge is 0.0281 e. The van der Waals surface area contributed by atoms with E-state index in [4.69, 9.17) is 0 Å². The van der Waals surface area contributed by atoms with Crippen LogP contribution in [0.1, 0.15) is 40.5 Å². The summed E-state index contributed by atoms with van der Waals surface area (Å²) in [4.78, 5) is 2.65. The first-order valence-electron chi connectivity index (χ1n) is 5.55. The Morgan fingerprint density at radius 1 is 1.46 bits per heavy atom. The summed E-state index contributed by atoms with van der Waals surface area (Å²) in [6.07, 6.45) is 2.62. The van der Waals surface area contributed by atoms with Crippen molar-refractivity contribution in [1.82, 2.24) is 10.2 Å². The molecule has 1 aliphatic heterocycles. The molecule has 0 aromatic heterocycles. The Morgan fingerprint density at radius 2 is 2.15 bits per heavy atom. The van der Waals surface area contributed by atoms with Gasteiger partial charge in [-0.1, -0.05) is 13.3 Å². The van der Waals surface area contributed by atoms with Crippen LogP contribution in [0.5, 0.6) is 0 Å². The number of piperazine rings is 1. The van der Waals surface area contributed by atoms with E-state index >= 15 is 0 Å². The molecule has 2 nitrogen and oxygen atoms in total. The number of hydrogen-bond acceptors (Lipinski definition) is 2. The number of nitrogens with one attached hydrogen (secondary N) is 1. The van der Waals surface area contributed by atoms with Crippen LogP contribution in [0.2, 0.25) is 0 Å². The molecule has 1 N–H and O–H groups in total. The van der Waals surface area contributed by atoms with E-state index < -0.39 is 0 Å². The van der Waals surface area contributed by atoms with Crippen molar-refractivity contribution >= 4 is 0 Å². The summed E-state index contributed by atoms with van der Waals surface area (Å²) >= 11 is 0. The molecule has 1 unspecified atom stereocenters. The largest absolute Gasteiger partial charge is 0.314 e. The highest BCUT2D eigenvalue weighted by atomic mass is 15.3. The topological polar surface area (TPSA) is 15.3 Å². The van der Waals surface area contributed by atoms with Crippen molar-refractivity contribution in [1.29, 1.82) is 0 Å². The summed E-state index contributed by atoms with van der Waals surface area (Å²) in [5.74, 6) is 0. The molecular weight excluding hydrogens is 160 g/mol. The van der Waals surface area contributed by atoms with Crippen LogP contribution in [0.3, 0.4) is 0 Å². The van der Waals surface area contributed by atoms with Gasteiger partial charge in [-0.05, 0) is 27.2 Å². The van der Waals surface area contributed by atoms with Gasteiger partial charge in [-0.2, -0.15) is 0 Å². The normalized spacial score (nSPS) is 25.8. The first-order valence-corrected chi connectivity index (χ1v) is 5.55. The molecule has 0 radical (unpaired) electrons. The monoisotopic (exact) mass is 184 g/mol. The lowest BCUT2D eigenvalue weighted by molar-refractivity contribution is 0.0484. The minimum absolute atomic E-state index is 0.340. The van der Waals surface area contributed by atoms with Crippen molar-refractivity contribution in [2.75, 3.05) is 19.6 Å². The van der Waals surface area contributed by atoms with Crippen LogP contribution in [0.15, 0.2) is 0 Å². The van der Waals surface area contributed by atoms with Crippen molar-refractivity contribution in [3.05, 3.63) is 0 Å². The molecule has 1 rings (SSSR count). The van der Waals surface area contributed by atoms with Gasteiger partial charge in [-0.25, -0.2) is 0 Å². The fourth-order valence-electron chi connectivity index (χ4n) is 2.39. The Morgan fingerprint density at radius 3 is 2.69 bits per heavy atom. The van der Waals surface area contributed by atoms with Crippen molar-refractivity contribution in [2.45, 2.75) is 52.1 Å². The molecule has 0 amide bonds. The standard InChI is InChI=1S/C11H24N2/c1-5-6-10(2)13-8-7-12-9-11(13,3)4/h10,12H,5-9H2,1-4H3. The van der Waals surface area contributed by atoms with E-state index in [-0.39, 0.29) is 0 Å². The van der Waals surface area contributed by atoms with E-state index in [0.717, 1.165) is 19.1 Å². The molecule has 78 valence electrons. The van der Waals surface area contributed by atoms with Gasteiger partial charge < -0.3 is 5.32 Å². The van der Waals surface area contributed by atoms with E-state index in [1.807, 2.05) is 0 Å². The second kappa shape index (κ2) is 4.43. The fourth-order valence-corrected chi connectivity index (χ4v) is 2.39. The van der Waals surface area contributed by atoms with Gasteiger partial charge in [0.15, 0.2) is 0 Å². The zero-order chi connectivity index (χ0) is 9.90. The molecule has 0 aliphatic carbocycles.